The second-order valence-electron chi connectivity index (χ2n) is 10.2. The molecule has 2 rings (SSSR count). The van der Waals surface area contributed by atoms with Crippen LogP contribution < -0.4 is 27.0 Å². The predicted octanol–water partition coefficient (Wildman–Crippen LogP) is 1.64. The van der Waals surface area contributed by atoms with Crippen molar-refractivity contribution in [2.75, 3.05) is 11.9 Å². The number of amides is 4. The van der Waals surface area contributed by atoms with Crippen LogP contribution in [0.2, 0.25) is 0 Å². The van der Waals surface area contributed by atoms with Crippen LogP contribution in [-0.2, 0) is 36.9 Å². The maximum absolute atomic E-state index is 12.8. The highest BCUT2D eigenvalue weighted by atomic mass is 16.5. The number of nitrogens with two attached hydrogens (primary N) is 1. The number of ether oxygens (including phenoxy) is 1. The van der Waals surface area contributed by atoms with E-state index < -0.39 is 54.5 Å². The Kier molecular flexibility index (Phi) is 13.2. The molecule has 3 atom stereocenters. The van der Waals surface area contributed by atoms with Crippen molar-refractivity contribution in [3.8, 4) is 5.75 Å². The molecule has 0 aliphatic heterocycles. The average molecular weight is 586 g/mol. The third kappa shape index (κ3) is 11.8. The quantitative estimate of drug-likeness (QED) is 0.151. The van der Waals surface area contributed by atoms with Gasteiger partial charge in [-0.1, -0.05) is 50.2 Å². The average Bonchev–Trinajstić information content (AvgIpc) is 2.94. The van der Waals surface area contributed by atoms with E-state index in [1.165, 1.54) is 19.1 Å². The number of alkyl carbamates (subject to hydrolysis) is 1. The van der Waals surface area contributed by atoms with Crippen molar-refractivity contribution in [1.82, 2.24) is 16.0 Å². The van der Waals surface area contributed by atoms with E-state index >= 15 is 0 Å². The molecule has 0 radical (unpaired) electrons. The highest BCUT2D eigenvalue weighted by Gasteiger charge is 2.27. The Balaban J connectivity index is 1.84. The van der Waals surface area contributed by atoms with Gasteiger partial charge in [0, 0.05) is 12.5 Å². The number of carbonyl (C=O) groups is 5. The molecule has 0 fully saturated rings. The minimum Gasteiger partial charge on any atom is -0.506 e. The molecule has 13 nitrogen and oxygen atoms in total. The van der Waals surface area contributed by atoms with E-state index in [1.807, 2.05) is 18.2 Å². The lowest BCUT2D eigenvalue weighted by atomic mass is 10.0. The van der Waals surface area contributed by atoms with Gasteiger partial charge in [-0.3, -0.25) is 19.2 Å². The number of aromatic hydroxyl groups is 1. The van der Waals surface area contributed by atoms with Crippen molar-refractivity contribution in [2.45, 2.75) is 64.8 Å². The zero-order valence-corrected chi connectivity index (χ0v) is 23.9. The summed E-state index contributed by atoms with van der Waals surface area (Å²) in [5.41, 5.74) is 7.53. The summed E-state index contributed by atoms with van der Waals surface area (Å²) in [7, 11) is 0. The fourth-order valence-electron chi connectivity index (χ4n) is 3.83. The molecule has 0 spiro atoms. The molecule has 2 aromatic rings. The van der Waals surface area contributed by atoms with Gasteiger partial charge in [0.15, 0.2) is 0 Å². The second-order valence-corrected chi connectivity index (χ2v) is 10.2. The van der Waals surface area contributed by atoms with Gasteiger partial charge >= 0.3 is 12.1 Å². The molecule has 0 heterocycles. The van der Waals surface area contributed by atoms with Gasteiger partial charge in [-0.2, -0.15) is 0 Å². The number of phenolic OH excluding ortho intramolecular Hbond substituents is 1. The fraction of sp³-hybridized carbons (Fsp3) is 0.414. The van der Waals surface area contributed by atoms with Crippen LogP contribution in [0.3, 0.4) is 0 Å². The van der Waals surface area contributed by atoms with Gasteiger partial charge in [-0.15, -0.1) is 0 Å². The summed E-state index contributed by atoms with van der Waals surface area (Å²) in [4.78, 5) is 60.8. The normalized spacial score (nSPS) is 12.9. The summed E-state index contributed by atoms with van der Waals surface area (Å²) in [6.45, 7) is 4.47. The number of hydrogen-bond acceptors (Lipinski definition) is 8. The third-order valence-electron chi connectivity index (χ3n) is 6.17. The van der Waals surface area contributed by atoms with Crippen LogP contribution in [0.5, 0.6) is 5.75 Å². The largest absolute Gasteiger partial charge is 0.506 e. The third-order valence-corrected chi connectivity index (χ3v) is 6.17. The fourth-order valence-corrected chi connectivity index (χ4v) is 3.83. The Hall–Kier alpha value is -4.65. The smallest absolute Gasteiger partial charge is 0.408 e. The molecule has 0 unspecified atom stereocenters. The van der Waals surface area contributed by atoms with E-state index in [2.05, 4.69) is 21.3 Å². The van der Waals surface area contributed by atoms with Crippen LogP contribution in [0.4, 0.5) is 10.5 Å². The summed E-state index contributed by atoms with van der Waals surface area (Å²) in [5, 5.41) is 28.9. The lowest BCUT2D eigenvalue weighted by Crippen LogP contribution is -2.55. The van der Waals surface area contributed by atoms with Gasteiger partial charge in [-0.05, 0) is 48.9 Å². The Labute approximate surface area is 244 Å². The maximum atomic E-state index is 12.8. The monoisotopic (exact) mass is 585 g/mol. The Bertz CT molecular complexity index is 1240. The Morgan fingerprint density at radius 2 is 1.62 bits per heavy atom. The first-order chi connectivity index (χ1) is 19.8. The van der Waals surface area contributed by atoms with E-state index in [9.17, 15) is 29.1 Å². The van der Waals surface area contributed by atoms with Crippen LogP contribution >= 0.6 is 0 Å². The second kappa shape index (κ2) is 16.6. The first kappa shape index (κ1) is 33.6. The molecule has 0 bridgehead atoms. The van der Waals surface area contributed by atoms with Crippen LogP contribution in [-0.4, -0.2) is 64.7 Å². The first-order valence-electron chi connectivity index (χ1n) is 13.5. The SMILES string of the molecule is CC(C)[C@H](NC(=O)OCc1ccccc1)C(=O)N[C@@H](C)C(=O)NCC(=O)Nc1cc(C[C@H](N)CCC(=O)O)ccc1O. The van der Waals surface area contributed by atoms with Crippen molar-refractivity contribution >= 4 is 35.5 Å². The number of carboxylic acid groups (broad SMARTS) is 1. The summed E-state index contributed by atoms with van der Waals surface area (Å²) in [5.74, 6) is -3.34. The number of benzene rings is 2. The van der Waals surface area contributed by atoms with E-state index in [1.54, 1.807) is 32.0 Å². The summed E-state index contributed by atoms with van der Waals surface area (Å²) >= 11 is 0. The summed E-state index contributed by atoms with van der Waals surface area (Å²) in [6.07, 6.45) is -0.250. The van der Waals surface area contributed by atoms with Gasteiger partial charge in [0.1, 0.15) is 24.4 Å². The van der Waals surface area contributed by atoms with Gasteiger partial charge in [-0.25, -0.2) is 4.79 Å². The number of phenols is 1. The zero-order chi connectivity index (χ0) is 31.2. The number of carbonyl (C=O) groups excluding carboxylic acids is 4. The summed E-state index contributed by atoms with van der Waals surface area (Å²) < 4.78 is 5.18. The molecular formula is C29H39N5O8. The topological polar surface area (TPSA) is 209 Å². The molecule has 2 aromatic carbocycles. The molecule has 0 aromatic heterocycles. The van der Waals surface area contributed by atoms with Crippen LogP contribution in [0, 0.1) is 5.92 Å². The van der Waals surface area contributed by atoms with Crippen molar-refractivity contribution in [3.05, 3.63) is 59.7 Å². The minimum atomic E-state index is -1.03. The molecule has 8 N–H and O–H groups in total. The minimum absolute atomic E-state index is 0.0301. The lowest BCUT2D eigenvalue weighted by molar-refractivity contribution is -0.137. The van der Waals surface area contributed by atoms with E-state index in [-0.39, 0.29) is 36.8 Å². The number of hydrogen-bond donors (Lipinski definition) is 7. The van der Waals surface area contributed by atoms with Crippen LogP contribution in [0.25, 0.3) is 0 Å². The van der Waals surface area contributed by atoms with Gasteiger partial charge in [0.2, 0.25) is 17.7 Å². The van der Waals surface area contributed by atoms with Gasteiger partial charge in [0.25, 0.3) is 0 Å². The van der Waals surface area contributed by atoms with Crippen LogP contribution in [0.1, 0.15) is 44.7 Å². The maximum Gasteiger partial charge on any atom is 0.408 e. The molecule has 228 valence electrons. The predicted molar refractivity (Wildman–Crippen MR) is 154 cm³/mol. The standard InChI is InChI=1S/C29H39N5O8/c1-17(2)26(34-29(41)42-16-19-7-5-4-6-8-19)28(40)32-18(3)27(39)31-15-24(36)33-22-14-20(9-11-23(22)35)13-21(30)10-12-25(37)38/h4-9,11,14,17-18,21,26,35H,10,12-13,15-16,30H2,1-3H3,(H,31,39)(H,32,40)(H,33,36)(H,34,41)(H,37,38)/t18-,21+,26-/m0/s1. The zero-order valence-electron chi connectivity index (χ0n) is 23.9. The van der Waals surface area contributed by atoms with E-state index in [4.69, 9.17) is 15.6 Å². The molecule has 0 saturated carbocycles. The molecule has 13 heteroatoms. The highest BCUT2D eigenvalue weighted by molar-refractivity contribution is 5.97. The number of nitrogens with one attached hydrogen (secondary N) is 4. The molecule has 42 heavy (non-hydrogen) atoms. The molecule has 0 aliphatic rings. The summed E-state index contributed by atoms with van der Waals surface area (Å²) in [6, 6.07) is 11.1. The van der Waals surface area contributed by atoms with Crippen LogP contribution in [0.15, 0.2) is 48.5 Å². The van der Waals surface area contributed by atoms with E-state index in [0.29, 0.717) is 12.0 Å². The number of carboxylic acids is 1. The lowest BCUT2D eigenvalue weighted by Gasteiger charge is -2.23. The highest BCUT2D eigenvalue weighted by Crippen LogP contribution is 2.25. The number of aliphatic carboxylic acids is 1. The first-order valence-corrected chi connectivity index (χ1v) is 13.5. The molecule has 0 aliphatic carbocycles. The molecule has 4 amide bonds. The van der Waals surface area contributed by atoms with Crippen molar-refractivity contribution < 1.29 is 38.9 Å². The van der Waals surface area contributed by atoms with Crippen molar-refractivity contribution in [1.29, 1.82) is 0 Å². The van der Waals surface area contributed by atoms with Gasteiger partial charge < -0.3 is 42.0 Å². The van der Waals surface area contributed by atoms with Crippen molar-refractivity contribution in [3.63, 3.8) is 0 Å². The number of rotatable bonds is 15. The van der Waals surface area contributed by atoms with Gasteiger partial charge in [0.05, 0.1) is 12.2 Å². The number of anilines is 1. The Morgan fingerprint density at radius 3 is 2.26 bits per heavy atom. The van der Waals surface area contributed by atoms with E-state index in [0.717, 1.165) is 5.56 Å². The molecular weight excluding hydrogens is 546 g/mol. The Morgan fingerprint density at radius 1 is 0.929 bits per heavy atom. The van der Waals surface area contributed by atoms with Crippen molar-refractivity contribution in [2.24, 2.45) is 11.7 Å². The molecule has 0 saturated heterocycles.